The van der Waals surface area contributed by atoms with Crippen LogP contribution in [0.25, 0.3) is 0 Å². The third-order valence-corrected chi connectivity index (χ3v) is 3.63. The average molecular weight is 314 g/mol. The van der Waals surface area contributed by atoms with Crippen LogP contribution in [-0.4, -0.2) is 24.1 Å². The fraction of sp³-hybridized carbons (Fsp3) is 0.643. The van der Waals surface area contributed by atoms with Gasteiger partial charge < -0.3 is 10.2 Å². The third-order valence-electron chi connectivity index (χ3n) is 3.20. The number of pyridine rings is 1. The average Bonchev–Trinajstić information content (AvgIpc) is 2.34. The fourth-order valence-corrected chi connectivity index (χ4v) is 2.10. The van der Waals surface area contributed by atoms with E-state index in [-0.39, 0.29) is 0 Å². The molecule has 0 saturated heterocycles. The number of nitrogens with zero attached hydrogens (tertiary/aromatic N) is 2. The summed E-state index contributed by atoms with van der Waals surface area (Å²) in [6, 6.07) is 3.12. The Morgan fingerprint density at radius 3 is 2.61 bits per heavy atom. The molecule has 0 radical (unpaired) electrons. The lowest BCUT2D eigenvalue weighted by atomic mass is 10.2. The Morgan fingerprint density at radius 2 is 2.06 bits per heavy atom. The molecule has 0 saturated carbocycles. The Hall–Kier alpha value is -0.610. The van der Waals surface area contributed by atoms with Crippen molar-refractivity contribution in [2.45, 2.75) is 52.7 Å². The number of nitrogens with one attached hydrogen (secondary N) is 1. The second-order valence-corrected chi connectivity index (χ2v) is 5.96. The van der Waals surface area contributed by atoms with Gasteiger partial charge in [-0.2, -0.15) is 0 Å². The Kier molecular flexibility index (Phi) is 6.09. The van der Waals surface area contributed by atoms with Gasteiger partial charge in [0.1, 0.15) is 5.82 Å². The Balaban J connectivity index is 2.95. The van der Waals surface area contributed by atoms with Crippen molar-refractivity contribution in [3.8, 4) is 0 Å². The van der Waals surface area contributed by atoms with Gasteiger partial charge in [-0.15, -0.1) is 0 Å². The highest BCUT2D eigenvalue weighted by atomic mass is 79.9. The van der Waals surface area contributed by atoms with Crippen LogP contribution in [0.15, 0.2) is 16.7 Å². The molecule has 1 N–H and O–H groups in total. The number of halogens is 1. The SMILES string of the molecule is CCC(C)N(C)c1ncc(Br)cc1CNC(C)C. The summed E-state index contributed by atoms with van der Waals surface area (Å²) in [5, 5.41) is 3.45. The minimum absolute atomic E-state index is 0.478. The van der Waals surface area contributed by atoms with E-state index in [2.05, 4.69) is 71.9 Å². The Bertz CT molecular complexity index is 379. The molecule has 0 bridgehead atoms. The first-order valence-corrected chi connectivity index (χ1v) is 7.35. The summed E-state index contributed by atoms with van der Waals surface area (Å²) in [6.07, 6.45) is 2.98. The topological polar surface area (TPSA) is 28.2 Å². The zero-order chi connectivity index (χ0) is 13.7. The van der Waals surface area contributed by atoms with E-state index >= 15 is 0 Å². The van der Waals surface area contributed by atoms with E-state index < -0.39 is 0 Å². The first kappa shape index (κ1) is 15.4. The smallest absolute Gasteiger partial charge is 0.133 e. The van der Waals surface area contributed by atoms with Crippen LogP contribution < -0.4 is 10.2 Å². The Labute approximate surface area is 119 Å². The largest absolute Gasteiger partial charge is 0.357 e. The summed E-state index contributed by atoms with van der Waals surface area (Å²) in [7, 11) is 2.11. The second-order valence-electron chi connectivity index (χ2n) is 5.04. The molecule has 4 heteroatoms. The van der Waals surface area contributed by atoms with Crippen LogP contribution in [0.1, 0.15) is 39.7 Å². The molecule has 0 spiro atoms. The van der Waals surface area contributed by atoms with Crippen LogP contribution in [0.2, 0.25) is 0 Å². The van der Waals surface area contributed by atoms with Crippen LogP contribution in [0.3, 0.4) is 0 Å². The summed E-state index contributed by atoms with van der Waals surface area (Å²) < 4.78 is 1.03. The third kappa shape index (κ3) is 4.25. The Morgan fingerprint density at radius 1 is 1.39 bits per heavy atom. The van der Waals surface area contributed by atoms with Crippen molar-refractivity contribution in [1.82, 2.24) is 10.3 Å². The van der Waals surface area contributed by atoms with Gasteiger partial charge in [-0.3, -0.25) is 0 Å². The van der Waals surface area contributed by atoms with Crippen molar-refractivity contribution in [2.24, 2.45) is 0 Å². The molecule has 0 aromatic carbocycles. The molecule has 1 unspecified atom stereocenters. The molecule has 0 fully saturated rings. The number of hydrogen-bond donors (Lipinski definition) is 1. The molecule has 1 heterocycles. The van der Waals surface area contributed by atoms with Gasteiger partial charge in [0, 0.05) is 41.9 Å². The van der Waals surface area contributed by atoms with E-state index in [1.54, 1.807) is 0 Å². The van der Waals surface area contributed by atoms with Gasteiger partial charge in [-0.1, -0.05) is 20.8 Å². The van der Waals surface area contributed by atoms with Crippen molar-refractivity contribution in [1.29, 1.82) is 0 Å². The quantitative estimate of drug-likeness (QED) is 0.870. The molecule has 18 heavy (non-hydrogen) atoms. The van der Waals surface area contributed by atoms with Gasteiger partial charge in [-0.05, 0) is 35.3 Å². The monoisotopic (exact) mass is 313 g/mol. The molecule has 3 nitrogen and oxygen atoms in total. The number of aromatic nitrogens is 1. The van der Waals surface area contributed by atoms with Crippen molar-refractivity contribution >= 4 is 21.7 Å². The highest BCUT2D eigenvalue weighted by Gasteiger charge is 2.14. The zero-order valence-electron chi connectivity index (χ0n) is 12.0. The normalized spacial score (nSPS) is 12.8. The standard InChI is InChI=1S/C14H24BrN3/c1-6-11(4)18(5)14-12(8-16-10(2)3)7-13(15)9-17-14/h7,9-11,16H,6,8H2,1-5H3. The summed E-state index contributed by atoms with van der Waals surface area (Å²) in [5.74, 6) is 1.07. The minimum atomic E-state index is 0.478. The molecule has 0 amide bonds. The molecule has 1 rings (SSSR count). The molecule has 1 aromatic heterocycles. The van der Waals surface area contributed by atoms with Crippen molar-refractivity contribution in [3.63, 3.8) is 0 Å². The van der Waals surface area contributed by atoms with E-state index in [4.69, 9.17) is 0 Å². The minimum Gasteiger partial charge on any atom is -0.357 e. The maximum Gasteiger partial charge on any atom is 0.133 e. The fourth-order valence-electron chi connectivity index (χ4n) is 1.72. The van der Waals surface area contributed by atoms with Gasteiger partial charge in [-0.25, -0.2) is 4.98 Å². The molecule has 1 atom stereocenters. The van der Waals surface area contributed by atoms with E-state index in [1.807, 2.05) is 6.20 Å². The van der Waals surface area contributed by atoms with Crippen LogP contribution in [0, 0.1) is 0 Å². The molecule has 0 aliphatic carbocycles. The molecular weight excluding hydrogens is 290 g/mol. The van der Waals surface area contributed by atoms with Crippen LogP contribution in [-0.2, 0) is 6.54 Å². The molecule has 0 aliphatic heterocycles. The maximum atomic E-state index is 4.56. The highest BCUT2D eigenvalue weighted by molar-refractivity contribution is 9.10. The van der Waals surface area contributed by atoms with E-state index in [9.17, 15) is 0 Å². The van der Waals surface area contributed by atoms with Gasteiger partial charge in [0.25, 0.3) is 0 Å². The summed E-state index contributed by atoms with van der Waals surface area (Å²) in [6.45, 7) is 9.59. The first-order valence-electron chi connectivity index (χ1n) is 6.56. The van der Waals surface area contributed by atoms with Gasteiger partial charge in [0.15, 0.2) is 0 Å². The highest BCUT2D eigenvalue weighted by Crippen LogP contribution is 2.23. The number of anilines is 1. The molecule has 0 aliphatic rings. The lowest BCUT2D eigenvalue weighted by Gasteiger charge is -2.27. The summed E-state index contributed by atoms with van der Waals surface area (Å²) >= 11 is 3.50. The summed E-state index contributed by atoms with van der Waals surface area (Å²) in [4.78, 5) is 6.82. The predicted molar refractivity (Wildman–Crippen MR) is 82.1 cm³/mol. The molecular formula is C14H24BrN3. The van der Waals surface area contributed by atoms with Gasteiger partial charge >= 0.3 is 0 Å². The van der Waals surface area contributed by atoms with Crippen LogP contribution >= 0.6 is 15.9 Å². The van der Waals surface area contributed by atoms with Crippen LogP contribution in [0.5, 0.6) is 0 Å². The lowest BCUT2D eigenvalue weighted by Crippen LogP contribution is -2.31. The van der Waals surface area contributed by atoms with Gasteiger partial charge in [0.05, 0.1) is 0 Å². The second kappa shape index (κ2) is 7.10. The van der Waals surface area contributed by atoms with Crippen molar-refractivity contribution < 1.29 is 0 Å². The van der Waals surface area contributed by atoms with E-state index in [1.165, 1.54) is 5.56 Å². The number of hydrogen-bond acceptors (Lipinski definition) is 3. The van der Waals surface area contributed by atoms with Crippen molar-refractivity contribution in [2.75, 3.05) is 11.9 Å². The van der Waals surface area contributed by atoms with Crippen LogP contribution in [0.4, 0.5) is 5.82 Å². The molecule has 1 aromatic rings. The maximum absolute atomic E-state index is 4.56. The lowest BCUT2D eigenvalue weighted by molar-refractivity contribution is 0.583. The van der Waals surface area contributed by atoms with E-state index in [0.717, 1.165) is 23.3 Å². The predicted octanol–water partition coefficient (Wildman–Crippen LogP) is 3.58. The van der Waals surface area contributed by atoms with E-state index in [0.29, 0.717) is 12.1 Å². The zero-order valence-corrected chi connectivity index (χ0v) is 13.6. The summed E-state index contributed by atoms with van der Waals surface area (Å²) in [5.41, 5.74) is 1.24. The van der Waals surface area contributed by atoms with Gasteiger partial charge in [0.2, 0.25) is 0 Å². The van der Waals surface area contributed by atoms with Crippen molar-refractivity contribution in [3.05, 3.63) is 22.3 Å². The number of rotatable bonds is 6. The first-order chi connectivity index (χ1) is 8.45. The molecule has 102 valence electrons.